The van der Waals surface area contributed by atoms with Crippen molar-refractivity contribution in [2.45, 2.75) is 50.8 Å². The van der Waals surface area contributed by atoms with Gasteiger partial charge < -0.3 is 10.4 Å². The molecule has 2 N–H and O–H groups in total. The molecule has 0 spiro atoms. The van der Waals surface area contributed by atoms with E-state index in [1.807, 2.05) is 13.0 Å². The smallest absolute Gasteiger partial charge is 0.142 e. The number of nitrogens with one attached hydrogen (secondary N) is 1. The van der Waals surface area contributed by atoms with Crippen molar-refractivity contribution in [3.8, 4) is 0 Å². The second kappa shape index (κ2) is 6.00. The molecule has 1 atom stereocenters. The Hall–Kier alpha value is -0.640. The molecule has 0 amide bonds. The van der Waals surface area contributed by atoms with Gasteiger partial charge in [0, 0.05) is 12.1 Å². The Morgan fingerprint density at radius 3 is 2.61 bits per heavy atom. The summed E-state index contributed by atoms with van der Waals surface area (Å²) in [5.41, 5.74) is 0.906. The van der Waals surface area contributed by atoms with E-state index in [0.717, 1.165) is 31.2 Å². The highest BCUT2D eigenvalue weighted by Crippen LogP contribution is 2.24. The number of hydrogen-bond donors (Lipinski definition) is 2. The first-order valence-corrected chi connectivity index (χ1v) is 6.83. The van der Waals surface area contributed by atoms with Gasteiger partial charge in [-0.25, -0.2) is 4.39 Å². The van der Waals surface area contributed by atoms with E-state index in [1.165, 1.54) is 6.07 Å². The molecule has 0 radical (unpaired) electrons. The molecule has 1 unspecified atom stereocenters. The molecule has 1 aliphatic rings. The van der Waals surface area contributed by atoms with E-state index in [2.05, 4.69) is 5.32 Å². The van der Waals surface area contributed by atoms with Crippen molar-refractivity contribution in [1.29, 1.82) is 0 Å². The molecule has 0 aliphatic heterocycles. The maximum atomic E-state index is 13.4. The lowest BCUT2D eigenvalue weighted by Crippen LogP contribution is -2.36. The Balaban J connectivity index is 1.94. The predicted molar refractivity (Wildman–Crippen MR) is 71.2 cm³/mol. The lowest BCUT2D eigenvalue weighted by Gasteiger charge is -2.29. The molecule has 0 heterocycles. The van der Waals surface area contributed by atoms with Gasteiger partial charge in [-0.1, -0.05) is 17.7 Å². The zero-order chi connectivity index (χ0) is 13.1. The summed E-state index contributed by atoms with van der Waals surface area (Å²) in [6.07, 6.45) is 3.49. The normalized spacial score (nSPS) is 26.0. The summed E-state index contributed by atoms with van der Waals surface area (Å²) in [4.78, 5) is 0. The predicted octanol–water partition coefficient (Wildman–Crippen LogP) is 3.43. The van der Waals surface area contributed by atoms with Crippen molar-refractivity contribution in [3.05, 3.63) is 34.6 Å². The Morgan fingerprint density at radius 2 is 2.00 bits per heavy atom. The van der Waals surface area contributed by atoms with E-state index in [1.54, 1.807) is 6.07 Å². The lowest BCUT2D eigenvalue weighted by molar-refractivity contribution is 0.114. The third-order valence-electron chi connectivity index (χ3n) is 3.63. The Labute approximate surface area is 112 Å². The van der Waals surface area contributed by atoms with Crippen molar-refractivity contribution in [2.24, 2.45) is 0 Å². The van der Waals surface area contributed by atoms with Gasteiger partial charge in [0.05, 0.1) is 11.1 Å². The van der Waals surface area contributed by atoms with Crippen LogP contribution in [-0.2, 0) is 0 Å². The van der Waals surface area contributed by atoms with Crippen molar-refractivity contribution in [1.82, 2.24) is 5.32 Å². The highest BCUT2D eigenvalue weighted by atomic mass is 35.5. The zero-order valence-corrected chi connectivity index (χ0v) is 11.3. The molecule has 1 aliphatic carbocycles. The fraction of sp³-hybridized carbons (Fsp3) is 0.571. The Kier molecular flexibility index (Phi) is 4.60. The molecule has 0 aromatic heterocycles. The molecule has 2 rings (SSSR count). The van der Waals surface area contributed by atoms with Crippen LogP contribution in [0.3, 0.4) is 0 Å². The molecule has 1 aromatic carbocycles. The fourth-order valence-corrected chi connectivity index (χ4v) is 2.59. The summed E-state index contributed by atoms with van der Waals surface area (Å²) < 4.78 is 13.4. The number of hydrogen-bond acceptors (Lipinski definition) is 2. The number of rotatable bonds is 3. The molecule has 100 valence electrons. The van der Waals surface area contributed by atoms with E-state index in [4.69, 9.17) is 11.6 Å². The SMILES string of the molecule is CC(NC1CCC(O)CC1)c1ccc(Cl)c(F)c1. The maximum absolute atomic E-state index is 13.4. The standard InChI is InChI=1S/C14H19ClFNO/c1-9(10-2-7-13(15)14(16)8-10)17-11-3-5-12(18)6-4-11/h2,7-9,11-12,17-18H,3-6H2,1H3. The molecule has 18 heavy (non-hydrogen) atoms. The monoisotopic (exact) mass is 271 g/mol. The highest BCUT2D eigenvalue weighted by molar-refractivity contribution is 6.30. The maximum Gasteiger partial charge on any atom is 0.142 e. The molecule has 1 fully saturated rings. The largest absolute Gasteiger partial charge is 0.393 e. The number of aliphatic hydroxyl groups excluding tert-OH is 1. The highest BCUT2D eigenvalue weighted by Gasteiger charge is 2.21. The minimum absolute atomic E-state index is 0.0945. The minimum atomic E-state index is -0.373. The van der Waals surface area contributed by atoms with Crippen LogP contribution in [0.4, 0.5) is 4.39 Å². The van der Waals surface area contributed by atoms with Crippen molar-refractivity contribution in [3.63, 3.8) is 0 Å². The first kappa shape index (κ1) is 13.8. The van der Waals surface area contributed by atoms with Crippen LogP contribution in [0.15, 0.2) is 18.2 Å². The summed E-state index contributed by atoms with van der Waals surface area (Å²) in [5.74, 6) is -0.373. The van der Waals surface area contributed by atoms with Crippen LogP contribution in [0.1, 0.15) is 44.2 Å². The van der Waals surface area contributed by atoms with Crippen LogP contribution in [-0.4, -0.2) is 17.3 Å². The summed E-state index contributed by atoms with van der Waals surface area (Å²) in [6.45, 7) is 2.02. The van der Waals surface area contributed by atoms with Gasteiger partial charge in [-0.2, -0.15) is 0 Å². The van der Waals surface area contributed by atoms with Gasteiger partial charge in [0.2, 0.25) is 0 Å². The van der Waals surface area contributed by atoms with Gasteiger partial charge >= 0.3 is 0 Å². The second-order valence-electron chi connectivity index (χ2n) is 5.07. The number of halogens is 2. The van der Waals surface area contributed by atoms with E-state index < -0.39 is 0 Å². The number of benzene rings is 1. The molecular formula is C14H19ClFNO. The average Bonchev–Trinajstić information content (AvgIpc) is 2.35. The summed E-state index contributed by atoms with van der Waals surface area (Å²) >= 11 is 5.67. The molecular weight excluding hydrogens is 253 g/mol. The van der Waals surface area contributed by atoms with Crippen molar-refractivity contribution < 1.29 is 9.50 Å². The summed E-state index contributed by atoms with van der Waals surface area (Å²) in [6, 6.07) is 5.42. The molecule has 0 saturated heterocycles. The van der Waals surface area contributed by atoms with Crippen molar-refractivity contribution >= 4 is 11.6 Å². The Bertz CT molecular complexity index is 405. The van der Waals surface area contributed by atoms with Crippen LogP contribution in [0.5, 0.6) is 0 Å². The van der Waals surface area contributed by atoms with Gasteiger partial charge in [-0.05, 0) is 50.3 Å². The van der Waals surface area contributed by atoms with Crippen LogP contribution >= 0.6 is 11.6 Å². The first-order valence-electron chi connectivity index (χ1n) is 6.45. The zero-order valence-electron chi connectivity index (χ0n) is 10.5. The molecule has 0 bridgehead atoms. The third kappa shape index (κ3) is 3.44. The summed E-state index contributed by atoms with van der Waals surface area (Å²) in [7, 11) is 0. The molecule has 1 aromatic rings. The average molecular weight is 272 g/mol. The molecule has 1 saturated carbocycles. The van der Waals surface area contributed by atoms with Gasteiger partial charge in [0.1, 0.15) is 5.82 Å². The molecule has 2 nitrogen and oxygen atoms in total. The Morgan fingerprint density at radius 1 is 1.33 bits per heavy atom. The van der Waals surface area contributed by atoms with E-state index in [9.17, 15) is 9.50 Å². The van der Waals surface area contributed by atoms with E-state index in [0.29, 0.717) is 6.04 Å². The van der Waals surface area contributed by atoms with Crippen LogP contribution in [0.25, 0.3) is 0 Å². The van der Waals surface area contributed by atoms with Crippen LogP contribution < -0.4 is 5.32 Å². The quantitative estimate of drug-likeness (QED) is 0.883. The summed E-state index contributed by atoms with van der Waals surface area (Å²) in [5, 5.41) is 13.1. The van der Waals surface area contributed by atoms with Gasteiger partial charge in [0.25, 0.3) is 0 Å². The minimum Gasteiger partial charge on any atom is -0.393 e. The first-order chi connectivity index (χ1) is 8.56. The third-order valence-corrected chi connectivity index (χ3v) is 3.93. The van der Waals surface area contributed by atoms with E-state index in [-0.39, 0.29) is 23.0 Å². The fourth-order valence-electron chi connectivity index (χ4n) is 2.47. The van der Waals surface area contributed by atoms with Crippen LogP contribution in [0, 0.1) is 5.82 Å². The molecule has 4 heteroatoms. The number of aliphatic hydroxyl groups is 1. The van der Waals surface area contributed by atoms with Gasteiger partial charge in [0.15, 0.2) is 0 Å². The van der Waals surface area contributed by atoms with Crippen LogP contribution in [0.2, 0.25) is 5.02 Å². The van der Waals surface area contributed by atoms with Gasteiger partial charge in [-0.3, -0.25) is 0 Å². The topological polar surface area (TPSA) is 32.3 Å². The van der Waals surface area contributed by atoms with Gasteiger partial charge in [-0.15, -0.1) is 0 Å². The van der Waals surface area contributed by atoms with Crippen molar-refractivity contribution in [2.75, 3.05) is 0 Å². The lowest BCUT2D eigenvalue weighted by atomic mass is 9.92. The van der Waals surface area contributed by atoms with E-state index >= 15 is 0 Å². The second-order valence-corrected chi connectivity index (χ2v) is 5.47.